The van der Waals surface area contributed by atoms with Crippen LogP contribution < -0.4 is 0 Å². The first-order valence-corrected chi connectivity index (χ1v) is 6.46. The molecule has 80 valence electrons. The Hall–Kier alpha value is -0.250. The molecule has 14 heavy (non-hydrogen) atoms. The molecule has 2 aliphatic rings. The van der Waals surface area contributed by atoms with Crippen LogP contribution in [0.1, 0.15) is 32.1 Å². The van der Waals surface area contributed by atoms with Crippen molar-refractivity contribution in [2.24, 2.45) is 0 Å². The highest BCUT2D eigenvalue weighted by Gasteiger charge is 2.35. The number of rotatable bonds is 2. The van der Waals surface area contributed by atoms with Gasteiger partial charge in [-0.05, 0) is 12.8 Å². The molecular weight excluding hydrogens is 246 g/mol. The molecule has 0 radical (unpaired) electrons. The Labute approximate surface area is 92.9 Å². The van der Waals surface area contributed by atoms with Crippen molar-refractivity contribution < 1.29 is 9.53 Å². The van der Waals surface area contributed by atoms with E-state index >= 15 is 0 Å². The van der Waals surface area contributed by atoms with Crippen molar-refractivity contribution in [2.45, 2.75) is 44.2 Å². The van der Waals surface area contributed by atoms with Gasteiger partial charge in [0.05, 0.1) is 6.54 Å². The van der Waals surface area contributed by atoms with E-state index in [9.17, 15) is 4.79 Å². The zero-order valence-corrected chi connectivity index (χ0v) is 9.83. The first-order valence-electron chi connectivity index (χ1n) is 5.34. The summed E-state index contributed by atoms with van der Waals surface area (Å²) >= 11 is 3.35. The van der Waals surface area contributed by atoms with Crippen LogP contribution in [0, 0.1) is 0 Å². The topological polar surface area (TPSA) is 29.5 Å². The summed E-state index contributed by atoms with van der Waals surface area (Å²) in [4.78, 5) is 13.4. The molecule has 4 heteroatoms. The number of carbonyl (C=O) groups is 1. The van der Waals surface area contributed by atoms with Crippen molar-refractivity contribution in [1.29, 1.82) is 0 Å². The lowest BCUT2D eigenvalue weighted by Crippen LogP contribution is -2.37. The van der Waals surface area contributed by atoms with E-state index in [1.165, 1.54) is 19.3 Å². The lowest BCUT2D eigenvalue weighted by atomic mass is 9.94. The van der Waals surface area contributed by atoms with E-state index in [1.54, 1.807) is 0 Å². The molecule has 0 aromatic carbocycles. The summed E-state index contributed by atoms with van der Waals surface area (Å²) in [5, 5.41) is 0.752. The van der Waals surface area contributed by atoms with Gasteiger partial charge in [0.25, 0.3) is 0 Å². The van der Waals surface area contributed by atoms with Gasteiger partial charge in [-0.1, -0.05) is 35.2 Å². The molecule has 2 rings (SSSR count). The molecule has 0 N–H and O–H groups in total. The SMILES string of the molecule is O=C1OC(CBr)CN1C1CCCCC1. The number of carbonyl (C=O) groups excluding carboxylic acids is 1. The fraction of sp³-hybridized carbons (Fsp3) is 0.900. The maximum Gasteiger partial charge on any atom is 0.410 e. The van der Waals surface area contributed by atoms with Gasteiger partial charge in [-0.3, -0.25) is 0 Å². The fourth-order valence-corrected chi connectivity index (χ4v) is 2.65. The second-order valence-electron chi connectivity index (χ2n) is 4.10. The second-order valence-corrected chi connectivity index (χ2v) is 4.75. The molecule has 1 saturated carbocycles. The third-order valence-corrected chi connectivity index (χ3v) is 3.81. The van der Waals surface area contributed by atoms with E-state index in [4.69, 9.17) is 4.74 Å². The van der Waals surface area contributed by atoms with E-state index in [1.807, 2.05) is 4.90 Å². The Bertz CT molecular complexity index is 216. The van der Waals surface area contributed by atoms with Crippen LogP contribution in [0.25, 0.3) is 0 Å². The molecule has 2 fully saturated rings. The Morgan fingerprint density at radius 1 is 1.36 bits per heavy atom. The number of hydrogen-bond acceptors (Lipinski definition) is 2. The quantitative estimate of drug-likeness (QED) is 0.716. The average molecular weight is 262 g/mol. The lowest BCUT2D eigenvalue weighted by Gasteiger charge is -2.28. The molecule has 0 spiro atoms. The number of nitrogens with zero attached hydrogens (tertiary/aromatic N) is 1. The maximum atomic E-state index is 11.5. The number of ether oxygens (including phenoxy) is 1. The van der Waals surface area contributed by atoms with Gasteiger partial charge in [0.1, 0.15) is 6.10 Å². The second kappa shape index (κ2) is 4.51. The van der Waals surface area contributed by atoms with Crippen LogP contribution in [-0.2, 0) is 4.74 Å². The van der Waals surface area contributed by atoms with Crippen molar-refractivity contribution in [3.05, 3.63) is 0 Å². The molecule has 1 aliphatic carbocycles. The minimum Gasteiger partial charge on any atom is -0.443 e. The summed E-state index contributed by atoms with van der Waals surface area (Å²) in [6.45, 7) is 0.773. The monoisotopic (exact) mass is 261 g/mol. The zero-order valence-electron chi connectivity index (χ0n) is 8.25. The maximum absolute atomic E-state index is 11.5. The highest BCUT2D eigenvalue weighted by molar-refractivity contribution is 9.09. The number of cyclic esters (lactones) is 1. The van der Waals surface area contributed by atoms with Crippen LogP contribution in [0.4, 0.5) is 4.79 Å². The van der Waals surface area contributed by atoms with Gasteiger partial charge in [-0.15, -0.1) is 0 Å². The first kappa shape index (κ1) is 10.3. The summed E-state index contributed by atoms with van der Waals surface area (Å²) < 4.78 is 5.22. The number of alkyl halides is 1. The molecule has 3 nitrogen and oxygen atoms in total. The largest absolute Gasteiger partial charge is 0.443 e. The number of halogens is 1. The molecule has 1 amide bonds. The van der Waals surface area contributed by atoms with Gasteiger partial charge in [0.2, 0.25) is 0 Å². The van der Waals surface area contributed by atoms with Crippen LogP contribution in [0.3, 0.4) is 0 Å². The van der Waals surface area contributed by atoms with Gasteiger partial charge >= 0.3 is 6.09 Å². The van der Waals surface area contributed by atoms with E-state index in [0.717, 1.165) is 24.7 Å². The van der Waals surface area contributed by atoms with Crippen LogP contribution >= 0.6 is 15.9 Å². The minimum atomic E-state index is -0.110. The Kier molecular flexibility index (Phi) is 3.31. The van der Waals surface area contributed by atoms with Crippen LogP contribution in [-0.4, -0.2) is 35.0 Å². The minimum absolute atomic E-state index is 0.0597. The Morgan fingerprint density at radius 3 is 2.64 bits per heavy atom. The summed E-state index contributed by atoms with van der Waals surface area (Å²) in [6.07, 6.45) is 6.10. The standard InChI is InChI=1S/C10H16BrNO2/c11-6-9-7-12(10(13)14-9)8-4-2-1-3-5-8/h8-9H,1-7H2. The van der Waals surface area contributed by atoms with Crippen molar-refractivity contribution in [2.75, 3.05) is 11.9 Å². The van der Waals surface area contributed by atoms with Gasteiger partial charge in [-0.25, -0.2) is 4.79 Å². The van der Waals surface area contributed by atoms with Gasteiger partial charge in [-0.2, -0.15) is 0 Å². The van der Waals surface area contributed by atoms with Crippen molar-refractivity contribution in [1.82, 2.24) is 4.90 Å². The van der Waals surface area contributed by atoms with Gasteiger partial charge in [0.15, 0.2) is 0 Å². The highest BCUT2D eigenvalue weighted by Crippen LogP contribution is 2.26. The molecule has 1 aliphatic heterocycles. The molecular formula is C10H16BrNO2. The third-order valence-electron chi connectivity index (χ3n) is 3.09. The highest BCUT2D eigenvalue weighted by atomic mass is 79.9. The third kappa shape index (κ3) is 2.05. The number of hydrogen-bond donors (Lipinski definition) is 0. The van der Waals surface area contributed by atoms with Crippen LogP contribution in [0.15, 0.2) is 0 Å². The molecule has 1 heterocycles. The van der Waals surface area contributed by atoms with Crippen molar-refractivity contribution in [3.8, 4) is 0 Å². The summed E-state index contributed by atoms with van der Waals surface area (Å²) in [5.74, 6) is 0. The number of amides is 1. The molecule has 0 aromatic heterocycles. The van der Waals surface area contributed by atoms with E-state index in [0.29, 0.717) is 6.04 Å². The predicted octanol–water partition coefficient (Wildman–Crippen LogP) is 2.53. The Morgan fingerprint density at radius 2 is 2.07 bits per heavy atom. The van der Waals surface area contributed by atoms with Gasteiger partial charge < -0.3 is 9.64 Å². The predicted molar refractivity (Wildman–Crippen MR) is 57.6 cm³/mol. The molecule has 0 bridgehead atoms. The lowest BCUT2D eigenvalue weighted by molar-refractivity contribution is 0.128. The van der Waals surface area contributed by atoms with Crippen molar-refractivity contribution >= 4 is 22.0 Å². The summed E-state index contributed by atoms with van der Waals surface area (Å²) in [5.41, 5.74) is 0. The molecule has 0 aromatic rings. The van der Waals surface area contributed by atoms with Crippen molar-refractivity contribution in [3.63, 3.8) is 0 Å². The van der Waals surface area contributed by atoms with E-state index in [2.05, 4.69) is 15.9 Å². The average Bonchev–Trinajstić information content (AvgIpc) is 2.61. The van der Waals surface area contributed by atoms with E-state index in [-0.39, 0.29) is 12.2 Å². The van der Waals surface area contributed by atoms with Crippen LogP contribution in [0.2, 0.25) is 0 Å². The Balaban J connectivity index is 1.93. The summed E-state index contributed by atoms with van der Waals surface area (Å²) in [6, 6.07) is 0.445. The van der Waals surface area contributed by atoms with Crippen LogP contribution in [0.5, 0.6) is 0 Å². The zero-order chi connectivity index (χ0) is 9.97. The normalized spacial score (nSPS) is 29.4. The van der Waals surface area contributed by atoms with E-state index < -0.39 is 0 Å². The van der Waals surface area contributed by atoms with Gasteiger partial charge in [0, 0.05) is 11.4 Å². The summed E-state index contributed by atoms with van der Waals surface area (Å²) in [7, 11) is 0. The molecule has 1 unspecified atom stereocenters. The first-order chi connectivity index (χ1) is 6.81. The fourth-order valence-electron chi connectivity index (χ4n) is 2.31. The molecule has 1 atom stereocenters. The molecule has 1 saturated heterocycles. The smallest absolute Gasteiger partial charge is 0.410 e.